The Morgan fingerprint density at radius 1 is 1.00 bits per heavy atom. The van der Waals surface area contributed by atoms with E-state index in [0.717, 1.165) is 5.69 Å². The van der Waals surface area contributed by atoms with E-state index in [2.05, 4.69) is 4.98 Å². The van der Waals surface area contributed by atoms with Gasteiger partial charge in [0.05, 0.1) is 10.0 Å². The van der Waals surface area contributed by atoms with E-state index in [4.69, 9.17) is 34.8 Å². The molecule has 0 aliphatic rings. The van der Waals surface area contributed by atoms with E-state index in [9.17, 15) is 4.79 Å². The second-order valence-corrected chi connectivity index (χ2v) is 5.21. The molecule has 0 aliphatic heterocycles. The molecule has 1 aromatic carbocycles. The third-order valence-corrected chi connectivity index (χ3v) is 3.91. The van der Waals surface area contributed by atoms with E-state index in [1.165, 1.54) is 0 Å². The molecule has 1 N–H and O–H groups in total. The molecule has 0 radical (unpaired) electrons. The first-order chi connectivity index (χ1) is 8.41. The Morgan fingerprint density at radius 2 is 1.67 bits per heavy atom. The molecular formula is C13H10Cl3NO. The summed E-state index contributed by atoms with van der Waals surface area (Å²) in [7, 11) is 0. The van der Waals surface area contributed by atoms with Gasteiger partial charge in [-0.1, -0.05) is 40.9 Å². The van der Waals surface area contributed by atoms with Crippen LogP contribution in [-0.4, -0.2) is 4.98 Å². The predicted octanol–water partition coefficient (Wildman–Crippen LogP) is 4.62. The Hall–Kier alpha value is -0.960. The van der Waals surface area contributed by atoms with Gasteiger partial charge in [-0.3, -0.25) is 4.79 Å². The molecule has 1 aromatic heterocycles. The van der Waals surface area contributed by atoms with Gasteiger partial charge in [-0.05, 0) is 31.5 Å². The summed E-state index contributed by atoms with van der Waals surface area (Å²) < 4.78 is 0. The van der Waals surface area contributed by atoms with Crippen molar-refractivity contribution < 1.29 is 0 Å². The fourth-order valence-electron chi connectivity index (χ4n) is 1.85. The molecule has 1 heterocycles. The highest BCUT2D eigenvalue weighted by molar-refractivity contribution is 6.42. The number of nitrogens with one attached hydrogen (secondary N) is 1. The molecule has 2 rings (SSSR count). The van der Waals surface area contributed by atoms with Crippen molar-refractivity contribution in [3.05, 3.63) is 54.9 Å². The first kappa shape index (κ1) is 13.5. The van der Waals surface area contributed by atoms with E-state index >= 15 is 0 Å². The van der Waals surface area contributed by atoms with E-state index in [1.807, 2.05) is 6.92 Å². The molecule has 0 bridgehead atoms. The Balaban J connectivity index is 2.75. The van der Waals surface area contributed by atoms with Crippen LogP contribution in [0.1, 0.15) is 11.4 Å². The Morgan fingerprint density at radius 3 is 2.28 bits per heavy atom. The molecule has 0 spiro atoms. The van der Waals surface area contributed by atoms with Crippen molar-refractivity contribution in [2.24, 2.45) is 0 Å². The summed E-state index contributed by atoms with van der Waals surface area (Å²) in [6.45, 7) is 3.58. The number of hydrogen-bond acceptors (Lipinski definition) is 1. The minimum absolute atomic E-state index is 0.196. The van der Waals surface area contributed by atoms with Crippen LogP contribution in [0.25, 0.3) is 11.1 Å². The number of aryl methyl sites for hydroxylation is 2. The van der Waals surface area contributed by atoms with Gasteiger partial charge >= 0.3 is 0 Å². The maximum atomic E-state index is 12.2. The molecule has 0 fully saturated rings. The third kappa shape index (κ3) is 2.28. The molecule has 18 heavy (non-hydrogen) atoms. The van der Waals surface area contributed by atoms with Crippen LogP contribution < -0.4 is 5.43 Å². The second kappa shape index (κ2) is 4.96. The zero-order valence-electron chi connectivity index (χ0n) is 9.77. The fraction of sp³-hybridized carbons (Fsp3) is 0.154. The van der Waals surface area contributed by atoms with Gasteiger partial charge in [0, 0.05) is 17.0 Å². The summed E-state index contributed by atoms with van der Waals surface area (Å²) in [4.78, 5) is 15.3. The quantitative estimate of drug-likeness (QED) is 0.819. The van der Waals surface area contributed by atoms with E-state index in [0.29, 0.717) is 26.9 Å². The summed E-state index contributed by atoms with van der Waals surface area (Å²) in [5.74, 6) is 0. The molecule has 0 amide bonds. The van der Waals surface area contributed by atoms with Crippen LogP contribution in [0, 0.1) is 13.8 Å². The van der Waals surface area contributed by atoms with E-state index in [-0.39, 0.29) is 10.5 Å². The highest BCUT2D eigenvalue weighted by Crippen LogP contribution is 2.29. The van der Waals surface area contributed by atoms with Crippen molar-refractivity contribution in [3.63, 3.8) is 0 Å². The number of aromatic amines is 1. The zero-order chi connectivity index (χ0) is 13.4. The molecule has 94 valence electrons. The van der Waals surface area contributed by atoms with Crippen LogP contribution in [0.4, 0.5) is 0 Å². The van der Waals surface area contributed by atoms with Crippen LogP contribution in [0.15, 0.2) is 23.0 Å². The SMILES string of the molecule is Cc1[nH]c(C)c(-c2ccc(Cl)c(Cl)c2)c(=O)c1Cl. The minimum atomic E-state index is -0.205. The lowest BCUT2D eigenvalue weighted by molar-refractivity contribution is 1.11. The lowest BCUT2D eigenvalue weighted by Crippen LogP contribution is -2.11. The maximum Gasteiger partial charge on any atom is 0.208 e. The highest BCUT2D eigenvalue weighted by atomic mass is 35.5. The van der Waals surface area contributed by atoms with Crippen molar-refractivity contribution in [2.75, 3.05) is 0 Å². The van der Waals surface area contributed by atoms with Crippen molar-refractivity contribution in [2.45, 2.75) is 13.8 Å². The fourth-order valence-corrected chi connectivity index (χ4v) is 2.29. The molecule has 2 aromatic rings. The number of H-pyrrole nitrogens is 1. The van der Waals surface area contributed by atoms with Crippen LogP contribution in [0.3, 0.4) is 0 Å². The first-order valence-corrected chi connectivity index (χ1v) is 6.39. The third-order valence-electron chi connectivity index (χ3n) is 2.71. The van der Waals surface area contributed by atoms with Gasteiger partial charge in [-0.2, -0.15) is 0 Å². The van der Waals surface area contributed by atoms with E-state index in [1.54, 1.807) is 25.1 Å². The van der Waals surface area contributed by atoms with Crippen molar-refractivity contribution in [1.82, 2.24) is 4.98 Å². The van der Waals surface area contributed by atoms with Gasteiger partial charge in [0.15, 0.2) is 0 Å². The summed E-state index contributed by atoms with van der Waals surface area (Å²) >= 11 is 17.8. The largest absolute Gasteiger partial charge is 0.361 e. The smallest absolute Gasteiger partial charge is 0.208 e. The number of rotatable bonds is 1. The summed E-state index contributed by atoms with van der Waals surface area (Å²) in [5.41, 5.74) is 2.42. The number of halogens is 3. The van der Waals surface area contributed by atoms with Crippen LogP contribution in [0.2, 0.25) is 15.1 Å². The second-order valence-electron chi connectivity index (χ2n) is 4.02. The average molecular weight is 303 g/mol. The Kier molecular flexibility index (Phi) is 3.71. The summed E-state index contributed by atoms with van der Waals surface area (Å²) in [5, 5.41) is 1.05. The predicted molar refractivity (Wildman–Crippen MR) is 77.0 cm³/mol. The lowest BCUT2D eigenvalue weighted by Gasteiger charge is -2.09. The number of hydrogen-bond donors (Lipinski definition) is 1. The topological polar surface area (TPSA) is 32.9 Å². The van der Waals surface area contributed by atoms with Crippen LogP contribution in [-0.2, 0) is 0 Å². The molecule has 2 nitrogen and oxygen atoms in total. The molecule has 0 saturated heterocycles. The number of benzene rings is 1. The molecule has 0 atom stereocenters. The first-order valence-electron chi connectivity index (χ1n) is 5.26. The van der Waals surface area contributed by atoms with Gasteiger partial charge in [-0.15, -0.1) is 0 Å². The highest BCUT2D eigenvalue weighted by Gasteiger charge is 2.13. The van der Waals surface area contributed by atoms with Crippen LogP contribution >= 0.6 is 34.8 Å². The van der Waals surface area contributed by atoms with Crippen molar-refractivity contribution >= 4 is 34.8 Å². The molecule has 5 heteroatoms. The van der Waals surface area contributed by atoms with Gasteiger partial charge in [0.1, 0.15) is 5.02 Å². The number of pyridine rings is 1. The van der Waals surface area contributed by atoms with Gasteiger partial charge in [0.25, 0.3) is 0 Å². The summed E-state index contributed by atoms with van der Waals surface area (Å²) in [6, 6.07) is 5.07. The summed E-state index contributed by atoms with van der Waals surface area (Å²) in [6.07, 6.45) is 0. The average Bonchev–Trinajstić information content (AvgIpc) is 2.31. The molecule has 0 aliphatic carbocycles. The van der Waals surface area contributed by atoms with Gasteiger partial charge in [-0.25, -0.2) is 0 Å². The molecule has 0 unspecified atom stereocenters. The monoisotopic (exact) mass is 301 g/mol. The van der Waals surface area contributed by atoms with Crippen molar-refractivity contribution in [1.29, 1.82) is 0 Å². The van der Waals surface area contributed by atoms with Crippen molar-refractivity contribution in [3.8, 4) is 11.1 Å². The standard InChI is InChI=1S/C13H10Cl3NO/c1-6-11(13(18)12(16)7(2)17-6)8-3-4-9(14)10(15)5-8/h3-5H,1-2H3,(H,17,18). The zero-order valence-corrected chi connectivity index (χ0v) is 12.0. The number of aromatic nitrogens is 1. The van der Waals surface area contributed by atoms with Crippen LogP contribution in [0.5, 0.6) is 0 Å². The molecule has 0 saturated carbocycles. The normalized spacial score (nSPS) is 10.7. The Labute approximate surface area is 120 Å². The van der Waals surface area contributed by atoms with Gasteiger partial charge < -0.3 is 4.98 Å². The van der Waals surface area contributed by atoms with Gasteiger partial charge in [0.2, 0.25) is 5.43 Å². The minimum Gasteiger partial charge on any atom is -0.361 e. The lowest BCUT2D eigenvalue weighted by atomic mass is 10.0. The Bertz CT molecular complexity index is 677. The molecular weight excluding hydrogens is 293 g/mol. The van der Waals surface area contributed by atoms with E-state index < -0.39 is 0 Å². The maximum absolute atomic E-state index is 12.2.